The molecule has 2 heterocycles. The van der Waals surface area contributed by atoms with Crippen molar-refractivity contribution >= 4 is 11.8 Å². The van der Waals surface area contributed by atoms with E-state index in [1.807, 2.05) is 41.3 Å². The first-order valence-corrected chi connectivity index (χ1v) is 6.96. The van der Waals surface area contributed by atoms with E-state index in [2.05, 4.69) is 15.3 Å². The predicted octanol–water partition coefficient (Wildman–Crippen LogP) is 1.14. The number of hydrogen-bond acceptors (Lipinski definition) is 5. The van der Waals surface area contributed by atoms with E-state index in [0.29, 0.717) is 13.1 Å². The van der Waals surface area contributed by atoms with Crippen LogP contribution in [-0.2, 0) is 22.7 Å². The number of hydrogen-bond donors (Lipinski definition) is 1. The summed E-state index contributed by atoms with van der Waals surface area (Å²) in [5.41, 5.74) is 1.71. The zero-order chi connectivity index (χ0) is 15.8. The Balaban J connectivity index is 2.06. The van der Waals surface area contributed by atoms with E-state index < -0.39 is 0 Å². The van der Waals surface area contributed by atoms with Crippen LogP contribution in [0.3, 0.4) is 0 Å². The maximum atomic E-state index is 11.8. The number of carbonyl (C=O) groups excluding carboxylic acids is 2. The van der Waals surface area contributed by atoms with Crippen LogP contribution in [0.4, 0.5) is 0 Å². The van der Waals surface area contributed by atoms with E-state index in [0.717, 1.165) is 11.4 Å². The molecule has 0 aliphatic rings. The summed E-state index contributed by atoms with van der Waals surface area (Å²) >= 11 is 0. The van der Waals surface area contributed by atoms with Crippen LogP contribution in [0.25, 0.3) is 0 Å². The van der Waals surface area contributed by atoms with E-state index in [1.165, 1.54) is 6.92 Å². The van der Waals surface area contributed by atoms with Gasteiger partial charge in [-0.3, -0.25) is 29.8 Å². The normalized spacial score (nSPS) is 10.5. The van der Waals surface area contributed by atoms with Crippen molar-refractivity contribution in [3.05, 3.63) is 60.2 Å². The average Bonchev–Trinajstić information content (AvgIpc) is 2.48. The zero-order valence-corrected chi connectivity index (χ0v) is 12.4. The van der Waals surface area contributed by atoms with Gasteiger partial charge >= 0.3 is 0 Å². The molecule has 0 atom stereocenters. The van der Waals surface area contributed by atoms with Crippen LogP contribution in [0, 0.1) is 0 Å². The molecule has 6 nitrogen and oxygen atoms in total. The van der Waals surface area contributed by atoms with Gasteiger partial charge in [0.25, 0.3) is 0 Å². The Morgan fingerprint density at radius 3 is 1.95 bits per heavy atom. The topological polar surface area (TPSA) is 75.2 Å². The SMILES string of the molecule is CC(=O)NC(=O)CN(Cc1ccccn1)Cc1ccccn1. The lowest BCUT2D eigenvalue weighted by atomic mass is 10.3. The Morgan fingerprint density at radius 1 is 1.00 bits per heavy atom. The van der Waals surface area contributed by atoms with E-state index >= 15 is 0 Å². The molecule has 2 aromatic heterocycles. The van der Waals surface area contributed by atoms with Crippen LogP contribution in [0.1, 0.15) is 18.3 Å². The predicted molar refractivity (Wildman–Crippen MR) is 81.4 cm³/mol. The molecule has 2 aromatic rings. The summed E-state index contributed by atoms with van der Waals surface area (Å²) in [6.07, 6.45) is 3.42. The maximum absolute atomic E-state index is 11.8. The second kappa shape index (κ2) is 7.99. The lowest BCUT2D eigenvalue weighted by Crippen LogP contribution is -2.38. The summed E-state index contributed by atoms with van der Waals surface area (Å²) in [6.45, 7) is 2.43. The van der Waals surface area contributed by atoms with Crippen LogP contribution < -0.4 is 5.32 Å². The van der Waals surface area contributed by atoms with Crippen LogP contribution in [0.5, 0.6) is 0 Å². The van der Waals surface area contributed by atoms with Gasteiger partial charge in [-0.1, -0.05) is 12.1 Å². The first kappa shape index (κ1) is 15.8. The smallest absolute Gasteiger partial charge is 0.240 e. The largest absolute Gasteiger partial charge is 0.296 e. The first-order chi connectivity index (χ1) is 10.6. The van der Waals surface area contributed by atoms with E-state index in [9.17, 15) is 9.59 Å². The molecule has 0 unspecified atom stereocenters. The lowest BCUT2D eigenvalue weighted by molar-refractivity contribution is -0.130. The fourth-order valence-electron chi connectivity index (χ4n) is 2.05. The van der Waals surface area contributed by atoms with Crippen molar-refractivity contribution in [2.45, 2.75) is 20.0 Å². The standard InChI is InChI=1S/C16H18N4O2/c1-13(21)19-16(22)12-20(10-14-6-2-4-8-17-14)11-15-7-3-5-9-18-15/h2-9H,10-12H2,1H3,(H,19,21,22). The van der Waals surface area contributed by atoms with Crippen molar-refractivity contribution in [3.8, 4) is 0 Å². The van der Waals surface area contributed by atoms with Gasteiger partial charge in [0.05, 0.1) is 17.9 Å². The van der Waals surface area contributed by atoms with E-state index in [4.69, 9.17) is 0 Å². The fourth-order valence-corrected chi connectivity index (χ4v) is 2.05. The molecule has 0 aliphatic carbocycles. The fraction of sp³-hybridized carbons (Fsp3) is 0.250. The third kappa shape index (κ3) is 5.41. The molecular weight excluding hydrogens is 280 g/mol. The van der Waals surface area contributed by atoms with Crippen molar-refractivity contribution in [2.24, 2.45) is 0 Å². The average molecular weight is 298 g/mol. The van der Waals surface area contributed by atoms with Gasteiger partial charge in [-0.05, 0) is 24.3 Å². The Labute approximate surface area is 129 Å². The Kier molecular flexibility index (Phi) is 5.73. The summed E-state index contributed by atoms with van der Waals surface area (Å²) in [7, 11) is 0. The third-order valence-electron chi connectivity index (χ3n) is 2.91. The molecule has 0 aromatic carbocycles. The molecular formula is C16H18N4O2. The molecule has 6 heteroatoms. The second-order valence-electron chi connectivity index (χ2n) is 4.89. The highest BCUT2D eigenvalue weighted by Crippen LogP contribution is 2.06. The number of nitrogens with zero attached hydrogens (tertiary/aromatic N) is 3. The number of carbonyl (C=O) groups is 2. The summed E-state index contributed by atoms with van der Waals surface area (Å²) < 4.78 is 0. The van der Waals surface area contributed by atoms with Gasteiger partial charge in [0.2, 0.25) is 11.8 Å². The summed E-state index contributed by atoms with van der Waals surface area (Å²) in [4.78, 5) is 33.2. The highest BCUT2D eigenvalue weighted by atomic mass is 16.2. The zero-order valence-electron chi connectivity index (χ0n) is 12.4. The highest BCUT2D eigenvalue weighted by Gasteiger charge is 2.14. The van der Waals surface area contributed by atoms with Gasteiger partial charge in [-0.25, -0.2) is 0 Å². The van der Waals surface area contributed by atoms with Gasteiger partial charge in [-0.2, -0.15) is 0 Å². The quantitative estimate of drug-likeness (QED) is 0.865. The third-order valence-corrected chi connectivity index (χ3v) is 2.91. The van der Waals surface area contributed by atoms with Crippen molar-refractivity contribution in [3.63, 3.8) is 0 Å². The van der Waals surface area contributed by atoms with Crippen LogP contribution in [0.15, 0.2) is 48.8 Å². The monoisotopic (exact) mass is 298 g/mol. The molecule has 2 amide bonds. The van der Waals surface area contributed by atoms with Gasteiger partial charge < -0.3 is 0 Å². The molecule has 2 rings (SSSR count). The molecule has 0 bridgehead atoms. The van der Waals surface area contributed by atoms with E-state index in [1.54, 1.807) is 12.4 Å². The van der Waals surface area contributed by atoms with Crippen molar-refractivity contribution in [1.29, 1.82) is 0 Å². The minimum absolute atomic E-state index is 0.104. The van der Waals surface area contributed by atoms with Crippen molar-refractivity contribution < 1.29 is 9.59 Å². The number of rotatable bonds is 6. The van der Waals surface area contributed by atoms with Gasteiger partial charge in [0.15, 0.2) is 0 Å². The molecule has 22 heavy (non-hydrogen) atoms. The van der Waals surface area contributed by atoms with E-state index in [-0.39, 0.29) is 18.4 Å². The molecule has 0 fully saturated rings. The number of amides is 2. The summed E-state index contributed by atoms with van der Waals surface area (Å²) in [5, 5.41) is 2.28. The van der Waals surface area contributed by atoms with Crippen molar-refractivity contribution in [1.82, 2.24) is 20.2 Å². The number of aromatic nitrogens is 2. The first-order valence-electron chi connectivity index (χ1n) is 6.96. The van der Waals surface area contributed by atoms with Gasteiger partial charge in [0, 0.05) is 32.4 Å². The molecule has 0 radical (unpaired) electrons. The maximum Gasteiger partial charge on any atom is 0.240 e. The Hall–Kier alpha value is -2.60. The molecule has 0 spiro atoms. The molecule has 0 saturated carbocycles. The minimum atomic E-state index is -0.361. The second-order valence-corrected chi connectivity index (χ2v) is 4.89. The number of pyridine rings is 2. The van der Waals surface area contributed by atoms with Gasteiger partial charge in [-0.15, -0.1) is 0 Å². The Bertz CT molecular complexity index is 575. The lowest BCUT2D eigenvalue weighted by Gasteiger charge is -2.20. The van der Waals surface area contributed by atoms with Crippen LogP contribution >= 0.6 is 0 Å². The van der Waals surface area contributed by atoms with Crippen LogP contribution in [-0.4, -0.2) is 33.2 Å². The number of nitrogens with one attached hydrogen (secondary N) is 1. The number of imide groups is 1. The molecule has 114 valence electrons. The highest BCUT2D eigenvalue weighted by molar-refractivity contribution is 5.94. The van der Waals surface area contributed by atoms with Gasteiger partial charge in [0.1, 0.15) is 0 Å². The molecule has 0 saturated heterocycles. The Morgan fingerprint density at radius 2 is 1.55 bits per heavy atom. The molecule has 1 N–H and O–H groups in total. The summed E-state index contributed by atoms with van der Waals surface area (Å²) in [5.74, 6) is -0.694. The minimum Gasteiger partial charge on any atom is -0.296 e. The van der Waals surface area contributed by atoms with Crippen LogP contribution in [0.2, 0.25) is 0 Å². The van der Waals surface area contributed by atoms with Crippen molar-refractivity contribution in [2.75, 3.05) is 6.54 Å². The molecule has 0 aliphatic heterocycles. The summed E-state index contributed by atoms with van der Waals surface area (Å²) in [6, 6.07) is 11.3.